The lowest BCUT2D eigenvalue weighted by molar-refractivity contribution is 0.413. The molecule has 1 aliphatic carbocycles. The van der Waals surface area contributed by atoms with Gasteiger partial charge in [-0.3, -0.25) is 4.98 Å². The number of sulfone groups is 1. The number of rotatable bonds is 5. The first-order valence-corrected chi connectivity index (χ1v) is 13.5. The number of nitriles is 1. The van der Waals surface area contributed by atoms with Crippen molar-refractivity contribution >= 4 is 32.5 Å². The number of halogens is 1. The molecule has 0 saturated heterocycles. The maximum atomic E-state index is 11.6. The summed E-state index contributed by atoms with van der Waals surface area (Å²) in [6.45, 7) is 0. The first-order valence-electron chi connectivity index (χ1n) is 11.1. The minimum Gasteiger partial charge on any atom is -0.494 e. The quantitative estimate of drug-likeness (QED) is 0.359. The van der Waals surface area contributed by atoms with Crippen molar-refractivity contribution in [3.05, 3.63) is 87.7 Å². The molecule has 1 heterocycles. The van der Waals surface area contributed by atoms with Gasteiger partial charge in [0.05, 0.1) is 46.4 Å². The first-order chi connectivity index (χ1) is 16.8. The lowest BCUT2D eigenvalue weighted by Gasteiger charge is -2.15. The Bertz CT molecular complexity index is 1630. The zero-order valence-corrected chi connectivity index (χ0v) is 20.8. The van der Waals surface area contributed by atoms with Crippen molar-refractivity contribution in [1.82, 2.24) is 9.97 Å². The number of methoxy groups -OCH3 is 1. The van der Waals surface area contributed by atoms with E-state index in [9.17, 15) is 13.7 Å². The summed E-state index contributed by atoms with van der Waals surface area (Å²) in [6.07, 6.45) is 4.59. The Morgan fingerprint density at radius 3 is 2.63 bits per heavy atom. The number of hydrogen-bond acceptors (Lipinski definition) is 6. The highest BCUT2D eigenvalue weighted by Crippen LogP contribution is 2.42. The Hall–Kier alpha value is -3.47. The molecule has 0 bridgehead atoms. The van der Waals surface area contributed by atoms with Crippen molar-refractivity contribution in [2.75, 3.05) is 13.4 Å². The van der Waals surface area contributed by atoms with Gasteiger partial charge in [0.25, 0.3) is 0 Å². The third kappa shape index (κ3) is 4.60. The molecule has 0 amide bonds. The number of hydrogen-bond donors (Lipinski definition) is 0. The summed E-state index contributed by atoms with van der Waals surface area (Å²) in [4.78, 5) is 8.88. The highest BCUT2D eigenvalue weighted by molar-refractivity contribution is 7.89. The van der Waals surface area contributed by atoms with Crippen LogP contribution in [0.25, 0.3) is 22.2 Å². The van der Waals surface area contributed by atoms with E-state index < -0.39 is 9.84 Å². The predicted molar refractivity (Wildman–Crippen MR) is 136 cm³/mol. The molecule has 1 aromatic heterocycles. The van der Waals surface area contributed by atoms with Crippen LogP contribution in [0.4, 0.5) is 0 Å². The van der Waals surface area contributed by atoms with E-state index in [-0.39, 0.29) is 11.7 Å². The molecule has 0 N–H and O–H groups in total. The highest BCUT2D eigenvalue weighted by Gasteiger charge is 2.26. The fourth-order valence-corrected chi connectivity index (χ4v) is 5.80. The zero-order valence-electron chi connectivity index (χ0n) is 19.2. The molecule has 3 aromatic carbocycles. The molecule has 0 fully saturated rings. The maximum absolute atomic E-state index is 11.6. The minimum atomic E-state index is -3.17. The molecular weight excluding hydrogens is 482 g/mol. The normalized spacial score (nSPS) is 15.1. The topological polar surface area (TPSA) is 92.9 Å². The average molecular weight is 504 g/mol. The summed E-state index contributed by atoms with van der Waals surface area (Å²) < 4.78 is 28.4. The van der Waals surface area contributed by atoms with E-state index in [0.717, 1.165) is 35.0 Å². The minimum absolute atomic E-state index is 0.126. The fourth-order valence-electron chi connectivity index (χ4n) is 4.82. The monoisotopic (exact) mass is 503 g/mol. The van der Waals surface area contributed by atoms with E-state index in [2.05, 4.69) is 34.2 Å². The van der Waals surface area contributed by atoms with Gasteiger partial charge in [-0.1, -0.05) is 35.9 Å². The molecule has 0 spiro atoms. The van der Waals surface area contributed by atoms with Crippen molar-refractivity contribution in [3.8, 4) is 22.9 Å². The molecule has 35 heavy (non-hydrogen) atoms. The van der Waals surface area contributed by atoms with Crippen LogP contribution in [0, 0.1) is 11.3 Å². The van der Waals surface area contributed by atoms with Gasteiger partial charge in [0.2, 0.25) is 0 Å². The number of aromatic nitrogens is 2. The molecule has 5 rings (SSSR count). The molecule has 1 atom stereocenters. The largest absolute Gasteiger partial charge is 0.494 e. The van der Waals surface area contributed by atoms with Crippen molar-refractivity contribution in [2.24, 2.45) is 0 Å². The van der Waals surface area contributed by atoms with Crippen molar-refractivity contribution < 1.29 is 13.2 Å². The van der Waals surface area contributed by atoms with E-state index in [1.165, 1.54) is 30.7 Å². The number of ether oxygens (including phenoxy) is 1. The SMILES string of the molecule is COc1c(Cl)cc(C2CCc3cc(-c4ccc5nc(CS(C)(=O)=O)cnc5c4)ccc32)cc1C#N. The number of benzene rings is 3. The van der Waals surface area contributed by atoms with Crippen molar-refractivity contribution in [2.45, 2.75) is 24.5 Å². The first kappa shape index (κ1) is 23.3. The summed E-state index contributed by atoms with van der Waals surface area (Å²) in [6, 6.07) is 18.2. The van der Waals surface area contributed by atoms with E-state index in [1.54, 1.807) is 0 Å². The summed E-state index contributed by atoms with van der Waals surface area (Å²) in [5.41, 5.74) is 7.90. The van der Waals surface area contributed by atoms with Crippen LogP contribution in [0.5, 0.6) is 5.75 Å². The summed E-state index contributed by atoms with van der Waals surface area (Å²) in [5.74, 6) is 0.457. The van der Waals surface area contributed by atoms with Crippen LogP contribution in [0.15, 0.2) is 54.7 Å². The Morgan fingerprint density at radius 2 is 1.89 bits per heavy atom. The average Bonchev–Trinajstić information content (AvgIpc) is 3.25. The lowest BCUT2D eigenvalue weighted by atomic mass is 9.90. The fraction of sp³-hybridized carbons (Fsp3) is 0.222. The maximum Gasteiger partial charge on any atom is 0.155 e. The van der Waals surface area contributed by atoms with E-state index >= 15 is 0 Å². The molecule has 4 aromatic rings. The molecule has 0 saturated carbocycles. The van der Waals surface area contributed by atoms with Crippen LogP contribution in [0.2, 0.25) is 5.02 Å². The van der Waals surface area contributed by atoms with Gasteiger partial charge in [-0.05, 0) is 64.9 Å². The van der Waals surface area contributed by atoms with Crippen LogP contribution in [-0.4, -0.2) is 31.8 Å². The number of aryl methyl sites for hydroxylation is 1. The van der Waals surface area contributed by atoms with Gasteiger partial charge < -0.3 is 4.74 Å². The van der Waals surface area contributed by atoms with Crippen LogP contribution in [0.3, 0.4) is 0 Å². The smallest absolute Gasteiger partial charge is 0.155 e. The standard InChI is InChI=1S/C27H22ClN3O3S/c1-34-27-20(13-29)10-19(11-24(27)28)23-7-4-18-9-16(3-6-22(18)23)17-5-8-25-26(12-17)30-14-21(31-25)15-35(2,32)33/h3,5-6,8-12,14,23H,4,7,15H2,1-2H3. The lowest BCUT2D eigenvalue weighted by Crippen LogP contribution is -2.03. The molecule has 6 nitrogen and oxygen atoms in total. The van der Waals surface area contributed by atoms with Crippen LogP contribution >= 0.6 is 11.6 Å². The molecule has 8 heteroatoms. The van der Waals surface area contributed by atoms with Gasteiger partial charge in [-0.15, -0.1) is 0 Å². The van der Waals surface area contributed by atoms with Crippen LogP contribution in [-0.2, 0) is 22.0 Å². The van der Waals surface area contributed by atoms with Crippen molar-refractivity contribution in [1.29, 1.82) is 5.26 Å². The zero-order chi connectivity index (χ0) is 24.7. The van der Waals surface area contributed by atoms with Gasteiger partial charge in [0.15, 0.2) is 15.6 Å². The van der Waals surface area contributed by atoms with Gasteiger partial charge in [-0.2, -0.15) is 5.26 Å². The van der Waals surface area contributed by atoms with Crippen LogP contribution < -0.4 is 4.74 Å². The van der Waals surface area contributed by atoms with Gasteiger partial charge in [0, 0.05) is 12.2 Å². The third-order valence-corrected chi connectivity index (χ3v) is 7.45. The second kappa shape index (κ2) is 8.95. The summed E-state index contributed by atoms with van der Waals surface area (Å²) >= 11 is 6.40. The molecule has 0 radical (unpaired) electrons. The Balaban J connectivity index is 1.46. The third-order valence-electron chi connectivity index (χ3n) is 6.35. The molecule has 1 aliphatic rings. The van der Waals surface area contributed by atoms with Gasteiger partial charge in [-0.25, -0.2) is 13.4 Å². The molecular formula is C27H22ClN3O3S. The summed E-state index contributed by atoms with van der Waals surface area (Å²) in [5, 5.41) is 9.96. The molecule has 1 unspecified atom stereocenters. The number of fused-ring (bicyclic) bond motifs is 2. The predicted octanol–water partition coefficient (Wildman–Crippen LogP) is 5.45. The molecule has 0 aliphatic heterocycles. The van der Waals surface area contributed by atoms with Crippen molar-refractivity contribution in [3.63, 3.8) is 0 Å². The Labute approximate surface area is 209 Å². The second-order valence-electron chi connectivity index (χ2n) is 8.84. The highest BCUT2D eigenvalue weighted by atomic mass is 35.5. The Morgan fingerprint density at radius 1 is 1.11 bits per heavy atom. The Kier molecular flexibility index (Phi) is 5.96. The van der Waals surface area contributed by atoms with Gasteiger partial charge in [0.1, 0.15) is 6.07 Å². The van der Waals surface area contributed by atoms with E-state index in [1.807, 2.05) is 30.3 Å². The second-order valence-corrected chi connectivity index (χ2v) is 11.4. The van der Waals surface area contributed by atoms with Crippen LogP contribution in [0.1, 0.15) is 40.3 Å². The van der Waals surface area contributed by atoms with E-state index in [4.69, 9.17) is 16.3 Å². The molecule has 176 valence electrons. The van der Waals surface area contributed by atoms with Gasteiger partial charge >= 0.3 is 0 Å². The number of nitrogens with zero attached hydrogens (tertiary/aromatic N) is 3. The van der Waals surface area contributed by atoms with E-state index in [0.29, 0.717) is 27.5 Å². The summed E-state index contributed by atoms with van der Waals surface area (Å²) in [7, 11) is -1.65.